The van der Waals surface area contributed by atoms with Crippen LogP contribution in [0.3, 0.4) is 0 Å². The molecule has 110 valence electrons. The van der Waals surface area contributed by atoms with Crippen LogP contribution < -0.4 is 5.32 Å². The number of benzene rings is 1. The van der Waals surface area contributed by atoms with Gasteiger partial charge in [-0.15, -0.1) is 0 Å². The van der Waals surface area contributed by atoms with Gasteiger partial charge in [0.2, 0.25) is 0 Å². The van der Waals surface area contributed by atoms with Crippen LogP contribution in [0.4, 0.5) is 0 Å². The van der Waals surface area contributed by atoms with E-state index in [-0.39, 0.29) is 0 Å². The maximum absolute atomic E-state index is 3.80. The molecule has 2 fully saturated rings. The molecule has 1 aliphatic carbocycles. The van der Waals surface area contributed by atoms with Crippen LogP contribution in [0.2, 0.25) is 0 Å². The van der Waals surface area contributed by atoms with Crippen LogP contribution >= 0.6 is 0 Å². The lowest BCUT2D eigenvalue weighted by molar-refractivity contribution is 0.0704. The van der Waals surface area contributed by atoms with Crippen molar-refractivity contribution in [1.29, 1.82) is 0 Å². The van der Waals surface area contributed by atoms with Gasteiger partial charge in [0.05, 0.1) is 0 Å². The van der Waals surface area contributed by atoms with E-state index >= 15 is 0 Å². The Balaban J connectivity index is 1.78. The van der Waals surface area contributed by atoms with Crippen molar-refractivity contribution in [2.75, 3.05) is 13.1 Å². The lowest BCUT2D eigenvalue weighted by Crippen LogP contribution is -2.57. The highest BCUT2D eigenvalue weighted by Gasteiger charge is 2.38. The summed E-state index contributed by atoms with van der Waals surface area (Å²) in [6.07, 6.45) is 5.32. The van der Waals surface area contributed by atoms with Gasteiger partial charge >= 0.3 is 0 Å². The average Bonchev–Trinajstić information content (AvgIpc) is 3.34. The Morgan fingerprint density at radius 1 is 1.20 bits per heavy atom. The van der Waals surface area contributed by atoms with Gasteiger partial charge < -0.3 is 5.32 Å². The molecule has 0 amide bonds. The first-order chi connectivity index (χ1) is 9.83. The Hall–Kier alpha value is -0.860. The number of piperazine rings is 1. The van der Waals surface area contributed by atoms with Gasteiger partial charge in [-0.2, -0.15) is 0 Å². The highest BCUT2D eigenvalue weighted by atomic mass is 15.3. The molecule has 0 spiro atoms. The van der Waals surface area contributed by atoms with E-state index in [1.165, 1.54) is 44.3 Å². The van der Waals surface area contributed by atoms with Crippen LogP contribution in [-0.2, 0) is 0 Å². The summed E-state index contributed by atoms with van der Waals surface area (Å²) in [6.45, 7) is 7.06. The first-order valence-electron chi connectivity index (χ1n) is 8.37. The number of rotatable bonds is 5. The molecule has 3 rings (SSSR count). The fraction of sp³-hybridized carbons (Fsp3) is 0.667. The number of hydrogen-bond acceptors (Lipinski definition) is 2. The second kappa shape index (κ2) is 6.28. The Bertz CT molecular complexity index is 413. The maximum atomic E-state index is 3.80. The zero-order valence-electron chi connectivity index (χ0n) is 12.9. The summed E-state index contributed by atoms with van der Waals surface area (Å²) in [5, 5.41) is 3.80. The summed E-state index contributed by atoms with van der Waals surface area (Å²) in [7, 11) is 0. The molecule has 1 saturated heterocycles. The predicted molar refractivity (Wildman–Crippen MR) is 84.8 cm³/mol. The van der Waals surface area contributed by atoms with Crippen LogP contribution in [0, 0.1) is 5.92 Å². The highest BCUT2D eigenvalue weighted by molar-refractivity contribution is 5.19. The second-order valence-corrected chi connectivity index (χ2v) is 6.45. The third-order valence-corrected chi connectivity index (χ3v) is 5.13. The molecule has 3 atom stereocenters. The van der Waals surface area contributed by atoms with Crippen molar-refractivity contribution in [3.8, 4) is 0 Å². The van der Waals surface area contributed by atoms with Crippen LogP contribution in [0.5, 0.6) is 0 Å². The van der Waals surface area contributed by atoms with Gasteiger partial charge in [0, 0.05) is 31.2 Å². The third-order valence-electron chi connectivity index (χ3n) is 5.13. The minimum Gasteiger partial charge on any atom is -0.311 e. The van der Waals surface area contributed by atoms with Gasteiger partial charge in [-0.3, -0.25) is 4.90 Å². The van der Waals surface area contributed by atoms with E-state index in [0.717, 1.165) is 12.0 Å². The minimum absolute atomic E-state index is 0.587. The summed E-state index contributed by atoms with van der Waals surface area (Å²) in [5.74, 6) is 0.948. The first-order valence-corrected chi connectivity index (χ1v) is 8.37. The molecule has 2 nitrogen and oxygen atoms in total. The number of nitrogens with one attached hydrogen (secondary N) is 1. The molecule has 0 radical (unpaired) electrons. The standard InChI is InChI=1S/C18H28N2/c1-3-16-12-19-17(14-10-11-14)13-20(16)18(4-2)15-8-6-5-7-9-15/h5-9,14,16-19H,3-4,10-13H2,1-2H3. The van der Waals surface area contributed by atoms with E-state index in [9.17, 15) is 0 Å². The van der Waals surface area contributed by atoms with E-state index in [1.54, 1.807) is 0 Å². The fourth-order valence-electron chi connectivity index (χ4n) is 3.76. The van der Waals surface area contributed by atoms with Crippen molar-refractivity contribution in [3.05, 3.63) is 35.9 Å². The van der Waals surface area contributed by atoms with Gasteiger partial charge in [0.25, 0.3) is 0 Å². The van der Waals surface area contributed by atoms with Crippen molar-refractivity contribution in [2.24, 2.45) is 5.92 Å². The minimum atomic E-state index is 0.587. The van der Waals surface area contributed by atoms with Crippen molar-refractivity contribution in [1.82, 2.24) is 10.2 Å². The van der Waals surface area contributed by atoms with Gasteiger partial charge in [-0.05, 0) is 37.2 Å². The molecule has 1 aromatic rings. The molecule has 1 aliphatic heterocycles. The Kier molecular flexibility index (Phi) is 4.42. The van der Waals surface area contributed by atoms with Crippen molar-refractivity contribution in [2.45, 2.75) is 57.7 Å². The molecule has 1 heterocycles. The summed E-state index contributed by atoms with van der Waals surface area (Å²) in [5.41, 5.74) is 1.49. The van der Waals surface area contributed by atoms with E-state index in [1.807, 2.05) is 0 Å². The van der Waals surface area contributed by atoms with Gasteiger partial charge in [-0.1, -0.05) is 44.2 Å². The van der Waals surface area contributed by atoms with E-state index in [2.05, 4.69) is 54.4 Å². The normalized spacial score (nSPS) is 29.3. The Labute approximate surface area is 123 Å². The quantitative estimate of drug-likeness (QED) is 0.881. The topological polar surface area (TPSA) is 15.3 Å². The Morgan fingerprint density at radius 3 is 2.55 bits per heavy atom. The smallest absolute Gasteiger partial charge is 0.0349 e. The summed E-state index contributed by atoms with van der Waals surface area (Å²) in [4.78, 5) is 2.79. The van der Waals surface area contributed by atoms with Crippen molar-refractivity contribution >= 4 is 0 Å². The van der Waals surface area contributed by atoms with Gasteiger partial charge in [0.15, 0.2) is 0 Å². The van der Waals surface area contributed by atoms with Crippen molar-refractivity contribution < 1.29 is 0 Å². The van der Waals surface area contributed by atoms with Crippen LogP contribution in [0.1, 0.15) is 51.1 Å². The number of nitrogens with zero attached hydrogens (tertiary/aromatic N) is 1. The molecular formula is C18H28N2. The molecule has 0 aromatic heterocycles. The fourth-order valence-corrected chi connectivity index (χ4v) is 3.76. The molecular weight excluding hydrogens is 244 g/mol. The molecule has 2 heteroatoms. The zero-order valence-corrected chi connectivity index (χ0v) is 12.9. The summed E-state index contributed by atoms with van der Waals surface area (Å²) in [6, 6.07) is 13.1. The monoisotopic (exact) mass is 272 g/mol. The van der Waals surface area contributed by atoms with E-state index in [4.69, 9.17) is 0 Å². The van der Waals surface area contributed by atoms with Crippen LogP contribution in [-0.4, -0.2) is 30.1 Å². The molecule has 1 N–H and O–H groups in total. The summed E-state index contributed by atoms with van der Waals surface area (Å²) >= 11 is 0. The molecule has 1 aromatic carbocycles. The lowest BCUT2D eigenvalue weighted by atomic mass is 9.96. The van der Waals surface area contributed by atoms with E-state index < -0.39 is 0 Å². The Morgan fingerprint density at radius 2 is 1.95 bits per heavy atom. The molecule has 0 bridgehead atoms. The third kappa shape index (κ3) is 2.91. The van der Waals surface area contributed by atoms with Crippen LogP contribution in [0.15, 0.2) is 30.3 Å². The maximum Gasteiger partial charge on any atom is 0.0349 e. The molecule has 1 saturated carbocycles. The van der Waals surface area contributed by atoms with Gasteiger partial charge in [0.1, 0.15) is 0 Å². The second-order valence-electron chi connectivity index (χ2n) is 6.45. The SMILES string of the molecule is CCC1CNC(C2CC2)CN1C(CC)c1ccccc1. The summed E-state index contributed by atoms with van der Waals surface area (Å²) < 4.78 is 0. The largest absolute Gasteiger partial charge is 0.311 e. The lowest BCUT2D eigenvalue weighted by Gasteiger charge is -2.45. The zero-order chi connectivity index (χ0) is 13.9. The molecule has 2 aliphatic rings. The average molecular weight is 272 g/mol. The van der Waals surface area contributed by atoms with Crippen LogP contribution in [0.25, 0.3) is 0 Å². The number of hydrogen-bond donors (Lipinski definition) is 1. The first kappa shape index (κ1) is 14.1. The van der Waals surface area contributed by atoms with Crippen molar-refractivity contribution in [3.63, 3.8) is 0 Å². The molecule has 20 heavy (non-hydrogen) atoms. The highest BCUT2D eigenvalue weighted by Crippen LogP contribution is 2.37. The van der Waals surface area contributed by atoms with E-state index in [0.29, 0.717) is 12.1 Å². The predicted octanol–water partition coefficient (Wildman–Crippen LogP) is 3.60. The molecule has 3 unspecified atom stereocenters. The van der Waals surface area contributed by atoms with Gasteiger partial charge in [-0.25, -0.2) is 0 Å².